The molecule has 2 heterocycles. The second-order valence-corrected chi connectivity index (χ2v) is 3.82. The Labute approximate surface area is 112 Å². The predicted octanol–water partition coefficient (Wildman–Crippen LogP) is 0.144. The Bertz CT molecular complexity index is 805. The lowest BCUT2D eigenvalue weighted by molar-refractivity contribution is 0.0698. The van der Waals surface area contributed by atoms with Crippen molar-refractivity contribution in [3.8, 4) is 11.4 Å². The Morgan fingerprint density at radius 3 is 2.40 bits per heavy atom. The Balaban J connectivity index is 0.000000147. The topological polar surface area (TPSA) is 123 Å². The summed E-state index contributed by atoms with van der Waals surface area (Å²) >= 11 is 0. The molecule has 7 heteroatoms. The van der Waals surface area contributed by atoms with Gasteiger partial charge in [-0.15, -0.1) is 0 Å². The first-order valence-electron chi connectivity index (χ1n) is 5.50. The summed E-state index contributed by atoms with van der Waals surface area (Å²) in [7, 11) is 0. The van der Waals surface area contributed by atoms with E-state index >= 15 is 0 Å². The van der Waals surface area contributed by atoms with Gasteiger partial charge in [-0.3, -0.25) is 14.6 Å². The zero-order valence-electron chi connectivity index (χ0n) is 10.1. The summed E-state index contributed by atoms with van der Waals surface area (Å²) in [6.07, 6.45) is 1.46. The van der Waals surface area contributed by atoms with E-state index in [-0.39, 0.29) is 11.3 Å². The molecule has 0 radical (unpaired) electrons. The predicted molar refractivity (Wildman–Crippen MR) is 71.4 cm³/mol. The van der Waals surface area contributed by atoms with Crippen molar-refractivity contribution in [2.75, 3.05) is 5.73 Å². The van der Waals surface area contributed by atoms with E-state index in [0.717, 1.165) is 0 Å². The third kappa shape index (κ3) is 2.51. The molecule has 1 aromatic carbocycles. The van der Waals surface area contributed by atoms with Crippen molar-refractivity contribution in [3.63, 3.8) is 0 Å². The maximum atomic E-state index is 10.8. The lowest BCUT2D eigenvalue weighted by Crippen LogP contribution is -2.19. The Hall–Kier alpha value is -3.09. The number of fused-ring (bicyclic) bond motifs is 1. The van der Waals surface area contributed by atoms with Crippen LogP contribution in [0, 0.1) is 0 Å². The normalized spacial score (nSPS) is 10.0. The molecule has 0 saturated carbocycles. The molecule has 0 atom stereocenters. The van der Waals surface area contributed by atoms with Gasteiger partial charge in [-0.2, -0.15) is 0 Å². The van der Waals surface area contributed by atoms with Gasteiger partial charge in [-0.25, -0.2) is 9.78 Å². The van der Waals surface area contributed by atoms with Gasteiger partial charge in [0.15, 0.2) is 0 Å². The second-order valence-electron chi connectivity index (χ2n) is 3.82. The monoisotopic (exact) mass is 271 g/mol. The van der Waals surface area contributed by atoms with Gasteiger partial charge in [0.2, 0.25) is 0 Å². The number of anilines is 1. The average Bonchev–Trinajstić information content (AvgIpc) is 2.95. The third-order valence-corrected chi connectivity index (χ3v) is 2.50. The molecule has 0 saturated heterocycles. The molecule has 0 unspecified atom stereocenters. The standard InChI is InChI=1S/C7H7NO2.C6H2N2O2/c8-6-4-2-1-3-5(6)7(9)10;9-5-4-3(1-2-7-4)8-6(5)10/h1-4H,8H2,(H,9,10);1-2H. The number of aromatic carboxylic acids is 1. The molecular weight excluding hydrogens is 262 g/mol. The van der Waals surface area contributed by atoms with E-state index in [1.165, 1.54) is 18.3 Å². The molecule has 3 N–H and O–H groups in total. The van der Waals surface area contributed by atoms with Gasteiger partial charge < -0.3 is 10.8 Å². The van der Waals surface area contributed by atoms with Gasteiger partial charge in [0.25, 0.3) is 5.43 Å². The fraction of sp³-hybridized carbons (Fsp3) is 0. The lowest BCUT2D eigenvalue weighted by atomic mass is 10.2. The van der Waals surface area contributed by atoms with Crippen molar-refractivity contribution in [1.29, 1.82) is 0 Å². The summed E-state index contributed by atoms with van der Waals surface area (Å²) in [5, 5.41) is 8.49. The molecule has 2 aliphatic heterocycles. The zero-order valence-corrected chi connectivity index (χ0v) is 10.1. The molecule has 2 aliphatic rings. The number of nitrogen functional groups attached to an aromatic ring is 1. The molecule has 7 nitrogen and oxygen atoms in total. The molecule has 1 aromatic rings. The van der Waals surface area contributed by atoms with Gasteiger partial charge in [-0.05, 0) is 18.2 Å². The molecular formula is C13H9N3O4. The van der Waals surface area contributed by atoms with Crippen molar-refractivity contribution < 1.29 is 9.90 Å². The highest BCUT2D eigenvalue weighted by molar-refractivity contribution is 5.93. The fourth-order valence-corrected chi connectivity index (χ4v) is 1.55. The van der Waals surface area contributed by atoms with Gasteiger partial charge in [0.1, 0.15) is 5.69 Å². The molecule has 100 valence electrons. The average molecular weight is 271 g/mol. The van der Waals surface area contributed by atoms with E-state index in [4.69, 9.17) is 10.8 Å². The van der Waals surface area contributed by atoms with Gasteiger partial charge in [0.05, 0.1) is 11.3 Å². The number of rotatable bonds is 1. The fourth-order valence-electron chi connectivity index (χ4n) is 1.55. The van der Waals surface area contributed by atoms with Crippen LogP contribution in [0.15, 0.2) is 46.1 Å². The van der Waals surface area contributed by atoms with Gasteiger partial charge in [-0.1, -0.05) is 12.1 Å². The first-order valence-corrected chi connectivity index (χ1v) is 5.50. The van der Waals surface area contributed by atoms with E-state index in [9.17, 15) is 14.4 Å². The number of aromatic nitrogens is 2. The minimum atomic E-state index is -0.988. The number of para-hydroxylation sites is 1. The number of carboxylic acids is 1. The summed E-state index contributed by atoms with van der Waals surface area (Å²) in [5.41, 5.74) is 5.07. The third-order valence-electron chi connectivity index (χ3n) is 2.50. The van der Waals surface area contributed by atoms with Crippen LogP contribution in [0.4, 0.5) is 5.69 Å². The summed E-state index contributed by atoms with van der Waals surface area (Å²) in [4.78, 5) is 38.7. The second kappa shape index (κ2) is 5.27. The number of carboxylic acid groups (broad SMARTS) is 1. The smallest absolute Gasteiger partial charge is 0.337 e. The molecule has 0 aromatic heterocycles. The maximum Gasteiger partial charge on any atom is 0.337 e. The van der Waals surface area contributed by atoms with E-state index < -0.39 is 17.0 Å². The minimum Gasteiger partial charge on any atom is -0.478 e. The zero-order chi connectivity index (χ0) is 14.7. The SMILES string of the molecule is Nc1ccccc1C(=O)O.O=c1nc2ccnc-2c1=O. The maximum absolute atomic E-state index is 10.8. The highest BCUT2D eigenvalue weighted by Crippen LogP contribution is 2.09. The first-order chi connectivity index (χ1) is 9.50. The van der Waals surface area contributed by atoms with Crippen LogP contribution < -0.4 is 16.7 Å². The van der Waals surface area contributed by atoms with Crippen LogP contribution in [0.25, 0.3) is 11.4 Å². The Morgan fingerprint density at radius 1 is 1.15 bits per heavy atom. The summed E-state index contributed by atoms with van der Waals surface area (Å²) < 4.78 is 0. The van der Waals surface area contributed by atoms with Crippen molar-refractivity contribution >= 4 is 11.7 Å². The van der Waals surface area contributed by atoms with Crippen molar-refractivity contribution in [1.82, 2.24) is 9.97 Å². The quantitative estimate of drug-likeness (QED) is 0.476. The lowest BCUT2D eigenvalue weighted by Gasteiger charge is -1.96. The first kappa shape index (κ1) is 13.3. The van der Waals surface area contributed by atoms with Crippen LogP contribution in [0.2, 0.25) is 0 Å². The van der Waals surface area contributed by atoms with Crippen LogP contribution >= 0.6 is 0 Å². The van der Waals surface area contributed by atoms with Crippen molar-refractivity contribution in [3.05, 3.63) is 62.7 Å². The van der Waals surface area contributed by atoms with E-state index in [1.54, 1.807) is 18.2 Å². The minimum absolute atomic E-state index is 0.155. The van der Waals surface area contributed by atoms with Crippen LogP contribution in [-0.4, -0.2) is 21.0 Å². The Kier molecular flexibility index (Phi) is 3.52. The van der Waals surface area contributed by atoms with E-state index in [2.05, 4.69) is 9.97 Å². The number of nitrogens with zero attached hydrogens (tertiary/aromatic N) is 2. The molecule has 3 rings (SSSR count). The molecule has 0 bridgehead atoms. The van der Waals surface area contributed by atoms with Gasteiger partial charge in [0, 0.05) is 11.9 Å². The van der Waals surface area contributed by atoms with Crippen LogP contribution in [0.1, 0.15) is 10.4 Å². The number of hydrogen-bond donors (Lipinski definition) is 2. The largest absolute Gasteiger partial charge is 0.478 e. The van der Waals surface area contributed by atoms with Crippen LogP contribution in [-0.2, 0) is 0 Å². The van der Waals surface area contributed by atoms with Crippen molar-refractivity contribution in [2.45, 2.75) is 0 Å². The summed E-state index contributed by atoms with van der Waals surface area (Å²) in [6, 6.07) is 7.90. The molecule has 20 heavy (non-hydrogen) atoms. The Morgan fingerprint density at radius 2 is 1.85 bits per heavy atom. The molecule has 0 aliphatic carbocycles. The molecule has 0 amide bonds. The van der Waals surface area contributed by atoms with Gasteiger partial charge >= 0.3 is 11.5 Å². The number of benzene rings is 1. The number of carbonyl (C=O) groups is 1. The van der Waals surface area contributed by atoms with E-state index in [1.807, 2.05) is 0 Å². The highest BCUT2D eigenvalue weighted by atomic mass is 16.4. The number of nitrogens with two attached hydrogens (primary N) is 1. The highest BCUT2D eigenvalue weighted by Gasteiger charge is 2.14. The van der Waals surface area contributed by atoms with E-state index in [0.29, 0.717) is 11.4 Å². The molecule has 0 fully saturated rings. The summed E-state index contributed by atoms with van der Waals surface area (Å²) in [6.45, 7) is 0. The van der Waals surface area contributed by atoms with Crippen LogP contribution in [0.3, 0.4) is 0 Å². The van der Waals surface area contributed by atoms with Crippen molar-refractivity contribution in [2.24, 2.45) is 0 Å². The molecule has 0 spiro atoms. The number of hydrogen-bond acceptors (Lipinski definition) is 6. The van der Waals surface area contributed by atoms with Crippen LogP contribution in [0.5, 0.6) is 0 Å². The summed E-state index contributed by atoms with van der Waals surface area (Å²) in [5.74, 6) is -0.988.